The van der Waals surface area contributed by atoms with Crippen LogP contribution in [0.3, 0.4) is 0 Å². The second-order valence-electron chi connectivity index (χ2n) is 5.27. The van der Waals surface area contributed by atoms with E-state index < -0.39 is 0 Å². The number of hydrogen-bond acceptors (Lipinski definition) is 2. The molecule has 0 spiro atoms. The highest BCUT2D eigenvalue weighted by Crippen LogP contribution is 2.31. The normalized spacial score (nSPS) is 21.2. The second-order valence-corrected chi connectivity index (χ2v) is 5.27. The Morgan fingerprint density at radius 3 is 2.37 bits per heavy atom. The van der Waals surface area contributed by atoms with Gasteiger partial charge in [0.25, 0.3) is 0 Å². The van der Waals surface area contributed by atoms with E-state index in [2.05, 4.69) is 5.32 Å². The fourth-order valence-electron chi connectivity index (χ4n) is 2.34. The van der Waals surface area contributed by atoms with Gasteiger partial charge in [0.1, 0.15) is 0 Å². The summed E-state index contributed by atoms with van der Waals surface area (Å²) in [6.45, 7) is 3.46. The quantitative estimate of drug-likeness (QED) is 0.618. The average molecular weight is 262 g/mol. The molecule has 104 valence electrons. The molecule has 0 radical (unpaired) electrons. The Labute approximate surface area is 114 Å². The molecule has 0 aromatic rings. The van der Waals surface area contributed by atoms with Crippen LogP contribution in [-0.4, -0.2) is 35.8 Å². The van der Waals surface area contributed by atoms with Crippen LogP contribution in [0.15, 0.2) is 24.3 Å². The number of amides is 2. The second kappa shape index (κ2) is 6.55. The molecule has 4 heteroatoms. The summed E-state index contributed by atoms with van der Waals surface area (Å²) < 4.78 is 0. The van der Waals surface area contributed by atoms with Gasteiger partial charge >= 0.3 is 0 Å². The van der Waals surface area contributed by atoms with Crippen molar-refractivity contribution in [3.05, 3.63) is 24.3 Å². The highest BCUT2D eigenvalue weighted by molar-refractivity contribution is 5.88. The summed E-state index contributed by atoms with van der Waals surface area (Å²) in [6.07, 6.45) is 10.8. The fourth-order valence-corrected chi connectivity index (χ4v) is 2.34. The first-order chi connectivity index (χ1) is 9.20. The van der Waals surface area contributed by atoms with Crippen LogP contribution in [0, 0.1) is 5.92 Å². The van der Waals surface area contributed by atoms with Gasteiger partial charge in [0.05, 0.1) is 0 Å². The van der Waals surface area contributed by atoms with Crippen LogP contribution in [-0.2, 0) is 9.59 Å². The molecule has 1 heterocycles. The number of nitrogens with one attached hydrogen (secondary N) is 1. The highest BCUT2D eigenvalue weighted by Gasteiger charge is 2.34. The van der Waals surface area contributed by atoms with Crippen molar-refractivity contribution in [2.24, 2.45) is 5.92 Å². The molecule has 0 atom stereocenters. The summed E-state index contributed by atoms with van der Waals surface area (Å²) in [4.78, 5) is 25.4. The van der Waals surface area contributed by atoms with E-state index in [4.69, 9.17) is 0 Å². The summed E-state index contributed by atoms with van der Waals surface area (Å²) in [5, 5.41) is 2.98. The molecule has 2 fully saturated rings. The van der Waals surface area contributed by atoms with Crippen LogP contribution in [0.25, 0.3) is 0 Å². The zero-order chi connectivity index (χ0) is 13.7. The maximum Gasteiger partial charge on any atom is 0.244 e. The van der Waals surface area contributed by atoms with Gasteiger partial charge in [-0.25, -0.2) is 0 Å². The summed E-state index contributed by atoms with van der Waals surface area (Å²) in [7, 11) is 0. The van der Waals surface area contributed by atoms with Gasteiger partial charge < -0.3 is 10.2 Å². The number of piperidine rings is 1. The van der Waals surface area contributed by atoms with Crippen molar-refractivity contribution in [3.63, 3.8) is 0 Å². The Balaban J connectivity index is 1.70. The van der Waals surface area contributed by atoms with Gasteiger partial charge in [-0.2, -0.15) is 0 Å². The largest absolute Gasteiger partial charge is 0.350 e. The number of carbonyl (C=O) groups is 2. The molecule has 1 N–H and O–H groups in total. The van der Waals surface area contributed by atoms with Gasteiger partial charge in [-0.3, -0.25) is 9.59 Å². The van der Waals surface area contributed by atoms with Gasteiger partial charge in [0, 0.05) is 31.1 Å². The topological polar surface area (TPSA) is 49.4 Å². The zero-order valence-electron chi connectivity index (χ0n) is 11.5. The molecular formula is C15H22N2O2. The minimum atomic E-state index is -0.0509. The monoisotopic (exact) mass is 262 g/mol. The van der Waals surface area contributed by atoms with Crippen LogP contribution >= 0.6 is 0 Å². The average Bonchev–Trinajstić information content (AvgIpc) is 3.23. The fraction of sp³-hybridized carbons (Fsp3) is 0.600. The third kappa shape index (κ3) is 4.23. The first kappa shape index (κ1) is 13.8. The third-order valence-electron chi connectivity index (χ3n) is 3.63. The molecule has 4 nitrogen and oxygen atoms in total. The molecule has 2 rings (SSSR count). The van der Waals surface area contributed by atoms with Crippen molar-refractivity contribution >= 4 is 11.8 Å². The van der Waals surface area contributed by atoms with E-state index in [9.17, 15) is 9.59 Å². The maximum atomic E-state index is 11.9. The predicted octanol–water partition coefficient (Wildman–Crippen LogP) is 1.64. The SMILES string of the molecule is C/C=C/C=C/C(=O)NC1CCN(C(=O)C2CC2)CC1. The van der Waals surface area contributed by atoms with E-state index in [0.29, 0.717) is 11.8 Å². The molecule has 0 bridgehead atoms. The molecule has 0 aromatic heterocycles. The highest BCUT2D eigenvalue weighted by atomic mass is 16.2. The van der Waals surface area contributed by atoms with Gasteiger partial charge in [-0.15, -0.1) is 0 Å². The van der Waals surface area contributed by atoms with Crippen molar-refractivity contribution in [2.45, 2.75) is 38.6 Å². The minimum Gasteiger partial charge on any atom is -0.350 e. The lowest BCUT2D eigenvalue weighted by Gasteiger charge is -2.32. The number of carbonyl (C=O) groups excluding carboxylic acids is 2. The zero-order valence-corrected chi connectivity index (χ0v) is 11.5. The maximum absolute atomic E-state index is 11.9. The molecule has 0 unspecified atom stereocenters. The van der Waals surface area contributed by atoms with Crippen molar-refractivity contribution in [3.8, 4) is 0 Å². The van der Waals surface area contributed by atoms with E-state index >= 15 is 0 Å². The Morgan fingerprint density at radius 1 is 1.11 bits per heavy atom. The molecule has 2 aliphatic rings. The van der Waals surface area contributed by atoms with Crippen molar-refractivity contribution < 1.29 is 9.59 Å². The lowest BCUT2D eigenvalue weighted by Crippen LogP contribution is -2.46. The number of allylic oxidation sites excluding steroid dienone is 3. The Bertz CT molecular complexity index is 389. The molecule has 2 amide bonds. The third-order valence-corrected chi connectivity index (χ3v) is 3.63. The van der Waals surface area contributed by atoms with Crippen molar-refractivity contribution in [2.75, 3.05) is 13.1 Å². The van der Waals surface area contributed by atoms with Gasteiger partial charge in [0.2, 0.25) is 11.8 Å². The first-order valence-electron chi connectivity index (χ1n) is 7.09. The smallest absolute Gasteiger partial charge is 0.244 e. The summed E-state index contributed by atoms with van der Waals surface area (Å²) >= 11 is 0. The van der Waals surface area contributed by atoms with Crippen LogP contribution in [0.4, 0.5) is 0 Å². The molecule has 1 saturated heterocycles. The minimum absolute atomic E-state index is 0.0509. The van der Waals surface area contributed by atoms with Crippen molar-refractivity contribution in [1.29, 1.82) is 0 Å². The molecule has 1 aliphatic heterocycles. The summed E-state index contributed by atoms with van der Waals surface area (Å²) in [5.74, 6) is 0.567. The van der Waals surface area contributed by atoms with Crippen LogP contribution < -0.4 is 5.32 Å². The van der Waals surface area contributed by atoms with Crippen molar-refractivity contribution in [1.82, 2.24) is 10.2 Å². The van der Waals surface area contributed by atoms with Crippen LogP contribution in [0.2, 0.25) is 0 Å². The van der Waals surface area contributed by atoms with Gasteiger partial charge in [0.15, 0.2) is 0 Å². The van der Waals surface area contributed by atoms with E-state index in [-0.39, 0.29) is 11.9 Å². The predicted molar refractivity (Wildman–Crippen MR) is 74.4 cm³/mol. The molecule has 1 aliphatic carbocycles. The summed E-state index contributed by atoms with van der Waals surface area (Å²) in [5.41, 5.74) is 0. The van der Waals surface area contributed by atoms with E-state index in [1.54, 1.807) is 12.2 Å². The van der Waals surface area contributed by atoms with E-state index in [0.717, 1.165) is 38.8 Å². The standard InChI is InChI=1S/C15H22N2O2/c1-2-3-4-5-14(18)16-13-8-10-17(11-9-13)15(19)12-6-7-12/h2-5,12-13H,6-11H2,1H3,(H,16,18)/b3-2+,5-4+. The number of likely N-dealkylation sites (tertiary alicyclic amines) is 1. The first-order valence-corrected chi connectivity index (χ1v) is 7.09. The Kier molecular flexibility index (Phi) is 4.77. The van der Waals surface area contributed by atoms with Gasteiger partial charge in [-0.1, -0.05) is 18.2 Å². The number of nitrogens with zero attached hydrogens (tertiary/aromatic N) is 1. The summed E-state index contributed by atoms with van der Waals surface area (Å²) in [6, 6.07) is 0.200. The lowest BCUT2D eigenvalue weighted by molar-refractivity contribution is -0.133. The molecular weight excluding hydrogens is 240 g/mol. The number of rotatable bonds is 4. The Hall–Kier alpha value is -1.58. The molecule has 0 aromatic carbocycles. The Morgan fingerprint density at radius 2 is 1.79 bits per heavy atom. The van der Waals surface area contributed by atoms with E-state index in [1.165, 1.54) is 0 Å². The number of hydrogen-bond donors (Lipinski definition) is 1. The van der Waals surface area contributed by atoms with Crippen LogP contribution in [0.5, 0.6) is 0 Å². The molecule has 19 heavy (non-hydrogen) atoms. The van der Waals surface area contributed by atoms with Gasteiger partial charge in [-0.05, 0) is 32.6 Å². The lowest BCUT2D eigenvalue weighted by atomic mass is 10.0. The molecule has 1 saturated carbocycles. The van der Waals surface area contributed by atoms with Crippen LogP contribution in [0.1, 0.15) is 32.6 Å². The van der Waals surface area contributed by atoms with E-state index in [1.807, 2.05) is 24.0 Å².